The lowest BCUT2D eigenvalue weighted by Gasteiger charge is -2.09. The lowest BCUT2D eigenvalue weighted by molar-refractivity contribution is 0.0940. The van der Waals surface area contributed by atoms with E-state index < -0.39 is 5.82 Å². The van der Waals surface area contributed by atoms with Gasteiger partial charge in [-0.25, -0.2) is 14.1 Å². The van der Waals surface area contributed by atoms with Crippen LogP contribution in [0.25, 0.3) is 5.69 Å². The molecular formula is C16H22FN5O. The number of amides is 1. The molecule has 1 amide bonds. The van der Waals surface area contributed by atoms with Gasteiger partial charge in [0, 0.05) is 18.5 Å². The van der Waals surface area contributed by atoms with Gasteiger partial charge in [0.15, 0.2) is 0 Å². The molecule has 0 aliphatic rings. The summed E-state index contributed by atoms with van der Waals surface area (Å²) in [4.78, 5) is 16.5. The maximum absolute atomic E-state index is 14.0. The molecule has 0 aliphatic carbocycles. The summed E-state index contributed by atoms with van der Waals surface area (Å²) < 4.78 is 15.4. The van der Waals surface area contributed by atoms with Crippen LogP contribution in [0.5, 0.6) is 0 Å². The van der Waals surface area contributed by atoms with Crippen LogP contribution in [-0.2, 0) is 0 Å². The van der Waals surface area contributed by atoms with E-state index in [4.69, 9.17) is 0 Å². The van der Waals surface area contributed by atoms with Crippen LogP contribution in [-0.4, -0.2) is 40.3 Å². The molecule has 0 fully saturated rings. The zero-order valence-electron chi connectivity index (χ0n) is 13.8. The number of halogens is 1. The number of benzene rings is 1. The molecule has 1 aromatic carbocycles. The average molecular weight is 319 g/mol. The molecule has 2 rings (SSSR count). The minimum Gasteiger partial charge on any atom is -0.348 e. The van der Waals surface area contributed by atoms with E-state index in [1.54, 1.807) is 18.2 Å². The number of carbonyl (C=O) groups is 1. The van der Waals surface area contributed by atoms with Gasteiger partial charge in [-0.2, -0.15) is 0 Å². The fourth-order valence-electron chi connectivity index (χ4n) is 2.02. The van der Waals surface area contributed by atoms with Gasteiger partial charge in [-0.15, -0.1) is 5.10 Å². The average Bonchev–Trinajstić information content (AvgIpc) is 2.98. The van der Waals surface area contributed by atoms with Gasteiger partial charge in [0.2, 0.25) is 5.82 Å². The zero-order chi connectivity index (χ0) is 17.0. The van der Waals surface area contributed by atoms with Gasteiger partial charge in [0.25, 0.3) is 5.91 Å². The number of likely N-dealkylation sites (N-methyl/N-ethyl adjacent to an activating group) is 1. The van der Waals surface area contributed by atoms with Gasteiger partial charge in [0.05, 0.1) is 0 Å². The van der Waals surface area contributed by atoms with E-state index in [9.17, 15) is 9.18 Å². The summed E-state index contributed by atoms with van der Waals surface area (Å²) in [7, 11) is 1.82. The number of nitrogens with one attached hydrogen (secondary N) is 2. The Labute approximate surface area is 135 Å². The van der Waals surface area contributed by atoms with Crippen LogP contribution < -0.4 is 10.6 Å². The van der Waals surface area contributed by atoms with Crippen molar-refractivity contribution in [1.29, 1.82) is 0 Å². The predicted molar refractivity (Wildman–Crippen MR) is 86.3 cm³/mol. The third-order valence-corrected chi connectivity index (χ3v) is 3.49. The first kappa shape index (κ1) is 17.1. The highest BCUT2D eigenvalue weighted by atomic mass is 19.1. The van der Waals surface area contributed by atoms with Crippen molar-refractivity contribution in [3.8, 4) is 5.69 Å². The molecule has 23 heavy (non-hydrogen) atoms. The fourth-order valence-corrected chi connectivity index (χ4v) is 2.02. The third-order valence-electron chi connectivity index (χ3n) is 3.49. The Kier molecular flexibility index (Phi) is 5.44. The van der Waals surface area contributed by atoms with E-state index in [-0.39, 0.29) is 29.4 Å². The van der Waals surface area contributed by atoms with Gasteiger partial charge in [-0.3, -0.25) is 4.79 Å². The smallest absolute Gasteiger partial charge is 0.291 e. The number of hydrogen-bond donors (Lipinski definition) is 2. The van der Waals surface area contributed by atoms with Crippen LogP contribution in [0, 0.1) is 5.82 Å². The Morgan fingerprint density at radius 3 is 2.61 bits per heavy atom. The van der Waals surface area contributed by atoms with E-state index in [0.29, 0.717) is 12.4 Å². The van der Waals surface area contributed by atoms with Crippen molar-refractivity contribution in [3.05, 3.63) is 41.7 Å². The maximum atomic E-state index is 14.0. The lowest BCUT2D eigenvalue weighted by Crippen LogP contribution is -2.37. The molecule has 1 unspecified atom stereocenters. The zero-order valence-corrected chi connectivity index (χ0v) is 13.8. The van der Waals surface area contributed by atoms with E-state index in [1.807, 2.05) is 27.8 Å². The largest absolute Gasteiger partial charge is 0.348 e. The quantitative estimate of drug-likeness (QED) is 0.852. The number of para-hydroxylation sites is 1. The summed E-state index contributed by atoms with van der Waals surface area (Å²) in [5.41, 5.74) is 0.284. The van der Waals surface area contributed by atoms with Crippen LogP contribution in [0.3, 0.4) is 0 Å². The standard InChI is InChI=1S/C16H22FN5O/c1-10(2)15-20-14(16(23)19-9-11(3)18-4)21-22(15)13-8-6-5-7-12(13)17/h5-8,10-11,18H,9H2,1-4H3,(H,19,23). The predicted octanol–water partition coefficient (Wildman–Crippen LogP) is 1.87. The molecule has 2 aromatic rings. The number of aromatic nitrogens is 3. The Bertz CT molecular complexity index is 683. The minimum absolute atomic E-state index is 0.000104. The monoisotopic (exact) mass is 319 g/mol. The molecule has 1 atom stereocenters. The molecule has 0 radical (unpaired) electrons. The molecule has 1 aromatic heterocycles. The van der Waals surface area contributed by atoms with Gasteiger partial charge >= 0.3 is 0 Å². The lowest BCUT2D eigenvalue weighted by atomic mass is 10.2. The second-order valence-electron chi connectivity index (χ2n) is 5.71. The molecule has 0 saturated heterocycles. The number of carbonyl (C=O) groups excluding carboxylic acids is 1. The topological polar surface area (TPSA) is 71.8 Å². The van der Waals surface area contributed by atoms with Crippen LogP contribution in [0.4, 0.5) is 4.39 Å². The number of rotatable bonds is 6. The van der Waals surface area contributed by atoms with E-state index in [1.165, 1.54) is 10.7 Å². The van der Waals surface area contributed by atoms with Gasteiger partial charge in [0.1, 0.15) is 17.3 Å². The van der Waals surface area contributed by atoms with Crippen molar-refractivity contribution < 1.29 is 9.18 Å². The van der Waals surface area contributed by atoms with Crippen molar-refractivity contribution in [3.63, 3.8) is 0 Å². The second kappa shape index (κ2) is 7.32. The summed E-state index contributed by atoms with van der Waals surface area (Å²) in [6.07, 6.45) is 0. The van der Waals surface area contributed by atoms with Crippen LogP contribution in [0.2, 0.25) is 0 Å². The first-order valence-electron chi connectivity index (χ1n) is 7.61. The molecule has 2 N–H and O–H groups in total. The summed E-state index contributed by atoms with van der Waals surface area (Å²) >= 11 is 0. The molecule has 6 nitrogen and oxygen atoms in total. The van der Waals surface area contributed by atoms with Crippen molar-refractivity contribution in [1.82, 2.24) is 25.4 Å². The molecule has 124 valence electrons. The van der Waals surface area contributed by atoms with Gasteiger partial charge in [-0.1, -0.05) is 26.0 Å². The second-order valence-corrected chi connectivity index (χ2v) is 5.71. The minimum atomic E-state index is -0.407. The normalized spacial score (nSPS) is 12.4. The summed E-state index contributed by atoms with van der Waals surface area (Å²) in [5, 5.41) is 9.99. The summed E-state index contributed by atoms with van der Waals surface area (Å²) in [6.45, 7) is 6.25. The molecule has 7 heteroatoms. The Balaban J connectivity index is 2.32. The SMILES string of the molecule is CNC(C)CNC(=O)c1nc(C(C)C)n(-c2ccccc2F)n1. The van der Waals surface area contributed by atoms with Crippen LogP contribution >= 0.6 is 0 Å². The Morgan fingerprint density at radius 1 is 1.30 bits per heavy atom. The van der Waals surface area contributed by atoms with E-state index in [0.717, 1.165) is 0 Å². The summed E-state index contributed by atoms with van der Waals surface area (Å²) in [6, 6.07) is 6.43. The van der Waals surface area contributed by atoms with Gasteiger partial charge < -0.3 is 10.6 Å². The molecule has 0 aliphatic heterocycles. The molecule has 0 bridgehead atoms. The Morgan fingerprint density at radius 2 is 2.00 bits per heavy atom. The first-order chi connectivity index (χ1) is 10.9. The highest BCUT2D eigenvalue weighted by molar-refractivity contribution is 5.90. The summed E-state index contributed by atoms with van der Waals surface area (Å²) in [5.74, 6) is -0.193. The van der Waals surface area contributed by atoms with Crippen LogP contribution in [0.15, 0.2) is 24.3 Å². The molecule has 0 spiro atoms. The molecular weight excluding hydrogens is 297 g/mol. The fraction of sp³-hybridized carbons (Fsp3) is 0.438. The van der Waals surface area contributed by atoms with Crippen molar-refractivity contribution in [2.75, 3.05) is 13.6 Å². The Hall–Kier alpha value is -2.28. The third kappa shape index (κ3) is 3.92. The van der Waals surface area contributed by atoms with Crippen molar-refractivity contribution >= 4 is 5.91 Å². The highest BCUT2D eigenvalue weighted by Gasteiger charge is 2.20. The van der Waals surface area contributed by atoms with Crippen molar-refractivity contribution in [2.24, 2.45) is 0 Å². The first-order valence-corrected chi connectivity index (χ1v) is 7.61. The van der Waals surface area contributed by atoms with Gasteiger partial charge in [-0.05, 0) is 26.1 Å². The van der Waals surface area contributed by atoms with Crippen molar-refractivity contribution in [2.45, 2.75) is 32.7 Å². The van der Waals surface area contributed by atoms with Crippen LogP contribution in [0.1, 0.15) is 43.1 Å². The van der Waals surface area contributed by atoms with E-state index in [2.05, 4.69) is 20.7 Å². The number of hydrogen-bond acceptors (Lipinski definition) is 4. The molecule has 1 heterocycles. The molecule has 0 saturated carbocycles. The number of nitrogens with zero attached hydrogens (tertiary/aromatic N) is 3. The highest BCUT2D eigenvalue weighted by Crippen LogP contribution is 2.19. The van der Waals surface area contributed by atoms with E-state index >= 15 is 0 Å². The maximum Gasteiger partial charge on any atom is 0.291 e.